The number of nitrogens with zero attached hydrogens (tertiary/aromatic N) is 3. The first kappa shape index (κ1) is 19.3. The first-order valence-electron chi connectivity index (χ1n) is 8.68. The van der Waals surface area contributed by atoms with Crippen LogP contribution in [-0.2, 0) is 16.6 Å². The maximum Gasteiger partial charge on any atom is 0.282 e. The van der Waals surface area contributed by atoms with Crippen molar-refractivity contribution >= 4 is 21.8 Å². The summed E-state index contributed by atoms with van der Waals surface area (Å²) in [6.45, 7) is 2.49. The van der Waals surface area contributed by atoms with Crippen molar-refractivity contribution in [3.05, 3.63) is 63.9 Å². The molecule has 0 saturated carbocycles. The quantitative estimate of drug-likeness (QED) is 0.780. The molecule has 1 aliphatic rings. The molecule has 3 rings (SSSR count). The minimum Gasteiger partial charge on any atom is -0.256 e. The molecule has 0 bridgehead atoms. The van der Waals surface area contributed by atoms with Gasteiger partial charge in [0.25, 0.3) is 10.2 Å². The molecule has 7 heteroatoms. The number of benzene rings is 1. The molecule has 1 fully saturated rings. The third kappa shape index (κ3) is 4.09. The van der Waals surface area contributed by atoms with Crippen LogP contribution < -0.4 is 0 Å². The highest BCUT2D eigenvalue weighted by atomic mass is 35.5. The average Bonchev–Trinajstić information content (AvgIpc) is 3.07. The van der Waals surface area contributed by atoms with E-state index in [0.29, 0.717) is 6.54 Å². The van der Waals surface area contributed by atoms with Crippen molar-refractivity contribution < 1.29 is 8.42 Å². The summed E-state index contributed by atoms with van der Waals surface area (Å²) in [6.07, 6.45) is 2.41. The minimum absolute atomic E-state index is 0.203. The van der Waals surface area contributed by atoms with Gasteiger partial charge in [-0.1, -0.05) is 23.7 Å². The summed E-state index contributed by atoms with van der Waals surface area (Å²) in [4.78, 5) is 4.65. The van der Waals surface area contributed by atoms with Crippen LogP contribution in [-0.4, -0.2) is 42.7 Å². The molecule has 26 heavy (non-hydrogen) atoms. The van der Waals surface area contributed by atoms with E-state index in [1.807, 2.05) is 37.3 Å². The fourth-order valence-electron chi connectivity index (χ4n) is 3.40. The molecule has 1 saturated heterocycles. The van der Waals surface area contributed by atoms with E-state index in [-0.39, 0.29) is 6.04 Å². The van der Waals surface area contributed by atoms with Gasteiger partial charge in [0.05, 0.1) is 11.7 Å². The van der Waals surface area contributed by atoms with E-state index < -0.39 is 10.2 Å². The topological polar surface area (TPSA) is 53.5 Å². The predicted molar refractivity (Wildman–Crippen MR) is 105 cm³/mol. The summed E-state index contributed by atoms with van der Waals surface area (Å²) in [5.41, 5.74) is 4.02. The molecule has 2 heterocycles. The highest BCUT2D eigenvalue weighted by Gasteiger charge is 2.37. The van der Waals surface area contributed by atoms with Crippen molar-refractivity contribution in [1.82, 2.24) is 13.6 Å². The van der Waals surface area contributed by atoms with E-state index in [1.54, 1.807) is 18.4 Å². The van der Waals surface area contributed by atoms with Crippen molar-refractivity contribution in [1.29, 1.82) is 0 Å². The van der Waals surface area contributed by atoms with E-state index in [2.05, 4.69) is 11.1 Å². The number of hydrogen-bond acceptors (Lipinski definition) is 3. The minimum atomic E-state index is -3.45. The molecule has 1 aliphatic heterocycles. The van der Waals surface area contributed by atoms with Crippen LogP contribution in [0.5, 0.6) is 0 Å². The van der Waals surface area contributed by atoms with Crippen molar-refractivity contribution in [2.75, 3.05) is 20.6 Å². The van der Waals surface area contributed by atoms with E-state index >= 15 is 0 Å². The van der Waals surface area contributed by atoms with Gasteiger partial charge in [-0.2, -0.15) is 17.0 Å². The molecule has 0 N–H and O–H groups in total. The Morgan fingerprint density at radius 2 is 1.88 bits per heavy atom. The van der Waals surface area contributed by atoms with Crippen molar-refractivity contribution in [3.8, 4) is 0 Å². The summed E-state index contributed by atoms with van der Waals surface area (Å²) < 4.78 is 28.1. The molecule has 1 aromatic heterocycles. The average molecular weight is 394 g/mol. The monoisotopic (exact) mass is 393 g/mol. The second kappa shape index (κ2) is 7.64. The lowest BCUT2D eigenvalue weighted by atomic mass is 10.0. The third-order valence-corrected chi connectivity index (χ3v) is 6.86. The van der Waals surface area contributed by atoms with Crippen LogP contribution in [0.3, 0.4) is 0 Å². The van der Waals surface area contributed by atoms with Crippen molar-refractivity contribution in [2.45, 2.75) is 32.2 Å². The molecular weight excluding hydrogens is 370 g/mol. The van der Waals surface area contributed by atoms with Crippen LogP contribution in [0.4, 0.5) is 0 Å². The van der Waals surface area contributed by atoms with Gasteiger partial charge in [-0.25, -0.2) is 0 Å². The lowest BCUT2D eigenvalue weighted by Gasteiger charge is -2.27. The number of hydrogen-bond donors (Lipinski definition) is 0. The Morgan fingerprint density at radius 3 is 2.54 bits per heavy atom. The Morgan fingerprint density at radius 1 is 1.19 bits per heavy atom. The van der Waals surface area contributed by atoms with Gasteiger partial charge in [-0.3, -0.25) is 4.98 Å². The first-order chi connectivity index (χ1) is 12.3. The molecular formula is C19H24ClN3O2S. The Labute approximate surface area is 160 Å². The largest absolute Gasteiger partial charge is 0.282 e. The molecule has 1 atom stereocenters. The Balaban J connectivity index is 1.90. The van der Waals surface area contributed by atoms with Crippen LogP contribution >= 0.6 is 11.6 Å². The zero-order chi connectivity index (χ0) is 18.9. The van der Waals surface area contributed by atoms with Gasteiger partial charge in [-0.15, -0.1) is 0 Å². The Kier molecular flexibility index (Phi) is 5.67. The fraction of sp³-hybridized carbons (Fsp3) is 0.421. The van der Waals surface area contributed by atoms with Crippen molar-refractivity contribution in [3.63, 3.8) is 0 Å². The summed E-state index contributed by atoms with van der Waals surface area (Å²) in [6, 6.07) is 11.7. The fourth-order valence-corrected chi connectivity index (χ4v) is 4.84. The molecule has 0 amide bonds. The second-order valence-electron chi connectivity index (χ2n) is 6.90. The maximum atomic E-state index is 12.6. The Bertz CT molecular complexity index is 882. The smallest absolute Gasteiger partial charge is 0.256 e. The Hall–Kier alpha value is -1.47. The standard InChI is InChI=1S/C19H24ClN3O2S/c1-14-11-16(12-15-6-8-17(20)9-7-15)13-18(21-14)19-5-4-10-23(19)26(24,25)22(2)3/h6-9,11,13,19H,4-5,10,12H2,1-3H3. The summed E-state index contributed by atoms with van der Waals surface area (Å²) in [5.74, 6) is 0. The lowest BCUT2D eigenvalue weighted by Crippen LogP contribution is -2.39. The third-order valence-electron chi connectivity index (χ3n) is 4.66. The molecule has 1 aromatic carbocycles. The summed E-state index contributed by atoms with van der Waals surface area (Å²) >= 11 is 5.96. The molecule has 0 aliphatic carbocycles. The van der Waals surface area contributed by atoms with Crippen molar-refractivity contribution in [2.24, 2.45) is 0 Å². The molecule has 140 valence electrons. The van der Waals surface area contributed by atoms with Gasteiger partial charge in [0.2, 0.25) is 0 Å². The van der Waals surface area contributed by atoms with E-state index in [9.17, 15) is 8.42 Å². The highest BCUT2D eigenvalue weighted by molar-refractivity contribution is 7.86. The molecule has 2 aromatic rings. The lowest BCUT2D eigenvalue weighted by molar-refractivity contribution is 0.357. The van der Waals surface area contributed by atoms with Crippen LogP contribution in [0.1, 0.15) is 41.4 Å². The van der Waals surface area contributed by atoms with E-state index in [1.165, 1.54) is 4.31 Å². The van der Waals surface area contributed by atoms with E-state index in [0.717, 1.165) is 46.8 Å². The van der Waals surface area contributed by atoms with Gasteiger partial charge < -0.3 is 0 Å². The van der Waals surface area contributed by atoms with Crippen LogP contribution in [0, 0.1) is 6.92 Å². The van der Waals surface area contributed by atoms with Crippen LogP contribution in [0.25, 0.3) is 0 Å². The van der Waals surface area contributed by atoms with Crippen LogP contribution in [0.15, 0.2) is 36.4 Å². The summed E-state index contributed by atoms with van der Waals surface area (Å²) in [5, 5.41) is 0.718. The zero-order valence-corrected chi connectivity index (χ0v) is 16.9. The first-order valence-corrected chi connectivity index (χ1v) is 10.5. The molecule has 1 unspecified atom stereocenters. The second-order valence-corrected chi connectivity index (χ2v) is 9.44. The number of pyridine rings is 1. The van der Waals surface area contributed by atoms with Gasteiger partial charge in [0, 0.05) is 31.4 Å². The predicted octanol–water partition coefficient (Wildman–Crippen LogP) is 3.58. The normalized spacial score (nSPS) is 18.6. The van der Waals surface area contributed by atoms with Gasteiger partial charge in [-0.05, 0) is 61.6 Å². The number of halogens is 1. The van der Waals surface area contributed by atoms with Crippen LogP contribution in [0.2, 0.25) is 5.02 Å². The number of rotatable bonds is 5. The van der Waals surface area contributed by atoms with Gasteiger partial charge >= 0.3 is 0 Å². The number of aromatic nitrogens is 1. The highest BCUT2D eigenvalue weighted by Crippen LogP contribution is 2.34. The molecule has 5 nitrogen and oxygen atoms in total. The van der Waals surface area contributed by atoms with E-state index in [4.69, 9.17) is 11.6 Å². The molecule has 0 spiro atoms. The van der Waals surface area contributed by atoms with Gasteiger partial charge in [0.15, 0.2) is 0 Å². The molecule has 0 radical (unpaired) electrons. The maximum absolute atomic E-state index is 12.6. The zero-order valence-electron chi connectivity index (χ0n) is 15.3. The number of aryl methyl sites for hydroxylation is 1. The van der Waals surface area contributed by atoms with Gasteiger partial charge in [0.1, 0.15) is 0 Å². The summed E-state index contributed by atoms with van der Waals surface area (Å²) in [7, 11) is -0.312. The SMILES string of the molecule is Cc1cc(Cc2ccc(Cl)cc2)cc(C2CCCN2S(=O)(=O)N(C)C)n1.